The highest BCUT2D eigenvalue weighted by atomic mass is 35.5. The Morgan fingerprint density at radius 2 is 1.87 bits per heavy atom. The molecule has 1 fully saturated rings. The molecule has 2 heterocycles. The summed E-state index contributed by atoms with van der Waals surface area (Å²) in [6, 6.07) is 7.27. The Morgan fingerprint density at radius 3 is 2.47 bits per heavy atom. The van der Waals surface area contributed by atoms with Crippen LogP contribution in [-0.4, -0.2) is 56.1 Å². The molecule has 0 bridgehead atoms. The van der Waals surface area contributed by atoms with Crippen LogP contribution >= 0.6 is 23.2 Å². The number of nitrogens with one attached hydrogen (secondary N) is 1. The molecule has 1 saturated heterocycles. The fourth-order valence-electron chi connectivity index (χ4n) is 2.99. The molecule has 30 heavy (non-hydrogen) atoms. The van der Waals surface area contributed by atoms with Crippen LogP contribution in [0.4, 0.5) is 5.69 Å². The van der Waals surface area contributed by atoms with Gasteiger partial charge in [0.2, 0.25) is 5.91 Å². The second-order valence-electron chi connectivity index (χ2n) is 8.34. The molecule has 8 nitrogen and oxygen atoms in total. The van der Waals surface area contributed by atoms with Crippen LogP contribution in [0, 0.1) is 0 Å². The van der Waals surface area contributed by atoms with Crippen LogP contribution in [0.2, 0.25) is 0 Å². The third-order valence-electron chi connectivity index (χ3n) is 5.53. The molecule has 1 amide bonds. The fraction of sp³-hybridized carbons (Fsp3) is 0.526. The van der Waals surface area contributed by atoms with Gasteiger partial charge in [-0.05, 0) is 45.3 Å². The highest BCUT2D eigenvalue weighted by Gasteiger charge is 2.51. The Labute approximate surface area is 186 Å². The standard InChI is InChI=1S/C19H25BCl2N4O4/c1-17(2)18(3,4)30-20(29-17)13-6-5-7-14(8-13)24-16(27)10-26-15(9-23-25-26)19(28,11-21)12-22/h5-9,28H,10-12H2,1-4H3,(H,24,27). The fourth-order valence-corrected chi connectivity index (χ4v) is 3.55. The van der Waals surface area contributed by atoms with Gasteiger partial charge >= 0.3 is 7.12 Å². The van der Waals surface area contributed by atoms with E-state index in [9.17, 15) is 9.90 Å². The number of hydrogen-bond donors (Lipinski definition) is 2. The Kier molecular flexibility index (Phi) is 6.50. The summed E-state index contributed by atoms with van der Waals surface area (Å²) in [5.41, 5.74) is -0.785. The third kappa shape index (κ3) is 4.50. The molecule has 0 unspecified atom stereocenters. The van der Waals surface area contributed by atoms with Crippen LogP contribution < -0.4 is 10.8 Å². The predicted molar refractivity (Wildman–Crippen MR) is 116 cm³/mol. The molecule has 3 rings (SSSR count). The van der Waals surface area contributed by atoms with E-state index in [4.69, 9.17) is 32.5 Å². The van der Waals surface area contributed by atoms with Crippen molar-refractivity contribution in [3.63, 3.8) is 0 Å². The molecule has 11 heteroatoms. The molecule has 0 spiro atoms. The Hall–Kier alpha value is -1.65. The van der Waals surface area contributed by atoms with E-state index in [1.54, 1.807) is 12.1 Å². The minimum Gasteiger partial charge on any atom is -0.399 e. The number of hydrogen-bond acceptors (Lipinski definition) is 6. The summed E-state index contributed by atoms with van der Waals surface area (Å²) in [5.74, 6) is -0.650. The van der Waals surface area contributed by atoms with Gasteiger partial charge in [-0.2, -0.15) is 0 Å². The van der Waals surface area contributed by atoms with Crippen molar-refractivity contribution in [1.29, 1.82) is 0 Å². The van der Waals surface area contributed by atoms with Crippen LogP contribution in [-0.2, 0) is 26.2 Å². The Morgan fingerprint density at radius 1 is 1.23 bits per heavy atom. The van der Waals surface area contributed by atoms with Crippen molar-refractivity contribution in [1.82, 2.24) is 15.0 Å². The number of benzene rings is 1. The van der Waals surface area contributed by atoms with E-state index in [-0.39, 0.29) is 29.9 Å². The lowest BCUT2D eigenvalue weighted by Gasteiger charge is -2.32. The summed E-state index contributed by atoms with van der Waals surface area (Å²) in [4.78, 5) is 12.6. The smallest absolute Gasteiger partial charge is 0.399 e. The maximum Gasteiger partial charge on any atom is 0.494 e. The number of alkyl halides is 2. The molecule has 0 saturated carbocycles. The van der Waals surface area contributed by atoms with Crippen molar-refractivity contribution in [2.45, 2.75) is 51.0 Å². The summed E-state index contributed by atoms with van der Waals surface area (Å²) >= 11 is 11.7. The van der Waals surface area contributed by atoms with E-state index in [1.165, 1.54) is 10.9 Å². The quantitative estimate of drug-likeness (QED) is 0.489. The third-order valence-corrected chi connectivity index (χ3v) is 6.41. The van der Waals surface area contributed by atoms with Gasteiger partial charge in [-0.1, -0.05) is 17.3 Å². The van der Waals surface area contributed by atoms with Gasteiger partial charge in [0.25, 0.3) is 0 Å². The van der Waals surface area contributed by atoms with E-state index < -0.39 is 23.9 Å². The minimum atomic E-state index is -1.52. The average Bonchev–Trinajstić information content (AvgIpc) is 3.23. The number of aromatic nitrogens is 3. The van der Waals surface area contributed by atoms with Gasteiger partial charge < -0.3 is 19.7 Å². The van der Waals surface area contributed by atoms with Crippen LogP contribution in [0.1, 0.15) is 33.4 Å². The summed E-state index contributed by atoms with van der Waals surface area (Å²) < 4.78 is 13.4. The van der Waals surface area contributed by atoms with Crippen LogP contribution in [0.15, 0.2) is 30.5 Å². The number of anilines is 1. The first-order valence-electron chi connectivity index (χ1n) is 9.50. The van der Waals surface area contributed by atoms with E-state index >= 15 is 0 Å². The van der Waals surface area contributed by atoms with Crippen molar-refractivity contribution in [2.75, 3.05) is 17.1 Å². The average molecular weight is 455 g/mol. The Bertz CT molecular complexity index is 901. The van der Waals surface area contributed by atoms with Crippen molar-refractivity contribution >= 4 is 47.4 Å². The summed E-state index contributed by atoms with van der Waals surface area (Å²) in [7, 11) is -0.531. The molecule has 0 atom stereocenters. The lowest BCUT2D eigenvalue weighted by atomic mass is 9.79. The zero-order chi connectivity index (χ0) is 22.2. The Balaban J connectivity index is 1.71. The van der Waals surface area contributed by atoms with E-state index in [2.05, 4.69) is 15.6 Å². The zero-order valence-electron chi connectivity index (χ0n) is 17.4. The second kappa shape index (κ2) is 8.47. The molecule has 1 aliphatic rings. The van der Waals surface area contributed by atoms with Gasteiger partial charge in [-0.15, -0.1) is 28.3 Å². The monoisotopic (exact) mass is 454 g/mol. The van der Waals surface area contributed by atoms with E-state index in [1.807, 2.05) is 39.8 Å². The first-order chi connectivity index (χ1) is 14.0. The molecule has 2 N–H and O–H groups in total. The lowest BCUT2D eigenvalue weighted by Crippen LogP contribution is -2.41. The van der Waals surface area contributed by atoms with Gasteiger partial charge in [-0.3, -0.25) is 4.79 Å². The highest BCUT2D eigenvalue weighted by Crippen LogP contribution is 2.36. The number of halogens is 2. The summed E-state index contributed by atoms with van der Waals surface area (Å²) in [6.45, 7) is 7.77. The highest BCUT2D eigenvalue weighted by molar-refractivity contribution is 6.62. The molecular weight excluding hydrogens is 430 g/mol. The normalized spacial score (nSPS) is 17.9. The van der Waals surface area contributed by atoms with Gasteiger partial charge in [0, 0.05) is 5.69 Å². The molecular formula is C19H25BCl2N4O4. The van der Waals surface area contributed by atoms with Gasteiger partial charge in [0.05, 0.1) is 34.9 Å². The van der Waals surface area contributed by atoms with Crippen molar-refractivity contribution in [3.05, 3.63) is 36.2 Å². The van der Waals surface area contributed by atoms with Crippen molar-refractivity contribution in [2.24, 2.45) is 0 Å². The number of rotatable bonds is 7. The van der Waals surface area contributed by atoms with Crippen LogP contribution in [0.5, 0.6) is 0 Å². The maximum atomic E-state index is 12.6. The van der Waals surface area contributed by atoms with E-state index in [0.29, 0.717) is 5.69 Å². The first-order valence-corrected chi connectivity index (χ1v) is 10.6. The number of amides is 1. The van der Waals surface area contributed by atoms with Crippen LogP contribution in [0.3, 0.4) is 0 Å². The minimum absolute atomic E-state index is 0.151. The first kappa shape index (κ1) is 23.0. The van der Waals surface area contributed by atoms with Gasteiger partial charge in [0.1, 0.15) is 12.1 Å². The second-order valence-corrected chi connectivity index (χ2v) is 8.87. The predicted octanol–water partition coefficient (Wildman–Crippen LogP) is 1.88. The van der Waals surface area contributed by atoms with Gasteiger partial charge in [0.15, 0.2) is 0 Å². The van der Waals surface area contributed by atoms with Crippen molar-refractivity contribution in [3.8, 4) is 0 Å². The number of nitrogens with zero attached hydrogens (tertiary/aromatic N) is 3. The lowest BCUT2D eigenvalue weighted by molar-refractivity contribution is -0.117. The maximum absolute atomic E-state index is 12.6. The molecule has 1 aromatic heterocycles. The molecule has 162 valence electrons. The van der Waals surface area contributed by atoms with Crippen LogP contribution in [0.25, 0.3) is 0 Å². The summed E-state index contributed by atoms with van der Waals surface area (Å²) in [6.07, 6.45) is 1.34. The zero-order valence-corrected chi connectivity index (χ0v) is 18.9. The molecule has 2 aromatic rings. The molecule has 1 aliphatic heterocycles. The number of carbonyl (C=O) groups excluding carboxylic acids is 1. The summed E-state index contributed by atoms with van der Waals surface area (Å²) in [5, 5.41) is 20.9. The SMILES string of the molecule is CC1(C)OB(c2cccc(NC(=O)Cn3nncc3C(O)(CCl)CCl)c2)OC1(C)C. The largest absolute Gasteiger partial charge is 0.494 e. The molecule has 0 radical (unpaired) electrons. The number of carbonyl (C=O) groups is 1. The topological polar surface area (TPSA) is 98.5 Å². The number of aliphatic hydroxyl groups is 1. The molecule has 0 aliphatic carbocycles. The molecule has 1 aromatic carbocycles. The van der Waals surface area contributed by atoms with Crippen molar-refractivity contribution < 1.29 is 19.2 Å². The van der Waals surface area contributed by atoms with Gasteiger partial charge in [-0.25, -0.2) is 4.68 Å². The van der Waals surface area contributed by atoms with E-state index in [0.717, 1.165) is 5.46 Å².